The molecule has 4 heteroatoms. The normalized spacial score (nSPS) is 26.3. The number of rotatable bonds is 2. The molecule has 0 amide bonds. The first-order valence-electron chi connectivity index (χ1n) is 5.82. The first-order valence-corrected chi connectivity index (χ1v) is 6.70. The minimum Gasteiger partial charge on any atom is -0.397 e. The molecule has 0 saturated heterocycles. The first-order chi connectivity index (χ1) is 7.75. The molecule has 0 aromatic carbocycles. The summed E-state index contributed by atoms with van der Waals surface area (Å²) in [5, 5.41) is 11.2. The van der Waals surface area contributed by atoms with Crippen molar-refractivity contribution >= 4 is 17.4 Å². The summed E-state index contributed by atoms with van der Waals surface area (Å²) in [5.74, 6) is 0. The second kappa shape index (κ2) is 5.55. The van der Waals surface area contributed by atoms with Crippen LogP contribution in [0, 0.1) is 0 Å². The fourth-order valence-corrected chi connectivity index (χ4v) is 3.16. The van der Waals surface area contributed by atoms with E-state index in [0.717, 1.165) is 24.3 Å². The van der Waals surface area contributed by atoms with Crippen LogP contribution < -0.4 is 5.73 Å². The van der Waals surface area contributed by atoms with E-state index in [1.165, 1.54) is 12.8 Å². The lowest BCUT2D eigenvalue weighted by Crippen LogP contribution is -2.21. The van der Waals surface area contributed by atoms with E-state index in [4.69, 9.17) is 5.73 Å². The van der Waals surface area contributed by atoms with E-state index in [1.807, 2.05) is 12.1 Å². The number of aliphatic hydroxyl groups excluding tert-OH is 1. The Bertz CT molecular complexity index is 328. The average Bonchev–Trinajstić information content (AvgIpc) is 2.48. The Labute approximate surface area is 100 Å². The van der Waals surface area contributed by atoms with Crippen LogP contribution in [0.25, 0.3) is 0 Å². The minimum atomic E-state index is -0.188. The molecule has 1 aromatic heterocycles. The van der Waals surface area contributed by atoms with Gasteiger partial charge in [0.25, 0.3) is 0 Å². The SMILES string of the molecule is Nc1ccc(SC2CCCCCC2O)nc1. The Hall–Kier alpha value is -0.740. The maximum Gasteiger partial charge on any atom is 0.0965 e. The van der Waals surface area contributed by atoms with E-state index in [2.05, 4.69) is 4.98 Å². The Morgan fingerprint density at radius 1 is 1.25 bits per heavy atom. The number of thioether (sulfide) groups is 1. The van der Waals surface area contributed by atoms with Crippen molar-refractivity contribution in [3.8, 4) is 0 Å². The zero-order chi connectivity index (χ0) is 11.4. The number of nitrogen functional groups attached to an aromatic ring is 1. The average molecular weight is 238 g/mol. The summed E-state index contributed by atoms with van der Waals surface area (Å²) in [6, 6.07) is 3.79. The highest BCUT2D eigenvalue weighted by Crippen LogP contribution is 2.32. The molecule has 2 rings (SSSR count). The van der Waals surface area contributed by atoms with Crippen LogP contribution in [0.3, 0.4) is 0 Å². The standard InChI is InChI=1S/C12H18N2OS/c13-9-6-7-12(14-8-9)16-11-5-3-1-2-4-10(11)15/h6-8,10-11,15H,1-5,13H2. The van der Waals surface area contributed by atoms with Gasteiger partial charge in [-0.05, 0) is 25.0 Å². The Balaban J connectivity index is 1.99. The van der Waals surface area contributed by atoms with Gasteiger partial charge in [0.2, 0.25) is 0 Å². The number of aromatic nitrogens is 1. The molecule has 2 atom stereocenters. The van der Waals surface area contributed by atoms with Crippen LogP contribution >= 0.6 is 11.8 Å². The lowest BCUT2D eigenvalue weighted by atomic mass is 10.1. The fourth-order valence-electron chi connectivity index (χ4n) is 2.01. The van der Waals surface area contributed by atoms with Gasteiger partial charge in [0.15, 0.2) is 0 Å². The predicted octanol–water partition coefficient (Wildman–Crippen LogP) is 2.45. The molecule has 1 saturated carbocycles. The van der Waals surface area contributed by atoms with Crippen LogP contribution in [0.5, 0.6) is 0 Å². The quantitative estimate of drug-likeness (QED) is 0.777. The second-order valence-corrected chi connectivity index (χ2v) is 5.55. The monoisotopic (exact) mass is 238 g/mol. The van der Waals surface area contributed by atoms with Crippen LogP contribution in [-0.4, -0.2) is 21.4 Å². The molecule has 1 heterocycles. The van der Waals surface area contributed by atoms with Gasteiger partial charge in [0.1, 0.15) is 0 Å². The van der Waals surface area contributed by atoms with Gasteiger partial charge in [-0.25, -0.2) is 4.98 Å². The number of aliphatic hydroxyl groups is 1. The van der Waals surface area contributed by atoms with Crippen LogP contribution in [0.4, 0.5) is 5.69 Å². The highest BCUT2D eigenvalue weighted by atomic mass is 32.2. The van der Waals surface area contributed by atoms with Gasteiger partial charge in [-0.3, -0.25) is 0 Å². The molecular weight excluding hydrogens is 220 g/mol. The topological polar surface area (TPSA) is 59.1 Å². The van der Waals surface area contributed by atoms with E-state index in [0.29, 0.717) is 10.9 Å². The molecule has 0 aliphatic heterocycles. The first kappa shape index (κ1) is 11.7. The van der Waals surface area contributed by atoms with Crippen molar-refractivity contribution in [1.82, 2.24) is 4.98 Å². The van der Waals surface area contributed by atoms with Crippen molar-refractivity contribution in [2.24, 2.45) is 0 Å². The smallest absolute Gasteiger partial charge is 0.0965 e. The molecule has 1 aliphatic rings. The van der Waals surface area contributed by atoms with Crippen molar-refractivity contribution in [2.45, 2.75) is 48.5 Å². The molecule has 88 valence electrons. The van der Waals surface area contributed by atoms with E-state index < -0.39 is 0 Å². The molecule has 3 N–H and O–H groups in total. The summed E-state index contributed by atoms with van der Waals surface area (Å²) in [4.78, 5) is 4.26. The third-order valence-electron chi connectivity index (χ3n) is 2.95. The number of nitrogens with zero attached hydrogens (tertiary/aromatic N) is 1. The molecule has 16 heavy (non-hydrogen) atoms. The van der Waals surface area contributed by atoms with Crippen molar-refractivity contribution in [3.63, 3.8) is 0 Å². The number of anilines is 1. The van der Waals surface area contributed by atoms with Gasteiger partial charge in [-0.15, -0.1) is 11.8 Å². The summed E-state index contributed by atoms with van der Waals surface area (Å²) in [7, 11) is 0. The van der Waals surface area contributed by atoms with Crippen molar-refractivity contribution < 1.29 is 5.11 Å². The fraction of sp³-hybridized carbons (Fsp3) is 0.583. The molecule has 1 aliphatic carbocycles. The third-order valence-corrected chi connectivity index (χ3v) is 4.28. The molecular formula is C12H18N2OS. The summed E-state index contributed by atoms with van der Waals surface area (Å²) >= 11 is 1.68. The molecule has 0 radical (unpaired) electrons. The van der Waals surface area contributed by atoms with Crippen molar-refractivity contribution in [3.05, 3.63) is 18.3 Å². The van der Waals surface area contributed by atoms with E-state index in [9.17, 15) is 5.11 Å². The van der Waals surface area contributed by atoms with Crippen LogP contribution in [0.1, 0.15) is 32.1 Å². The van der Waals surface area contributed by atoms with E-state index in [-0.39, 0.29) is 6.10 Å². The van der Waals surface area contributed by atoms with Crippen molar-refractivity contribution in [2.75, 3.05) is 5.73 Å². The Morgan fingerprint density at radius 2 is 2.06 bits per heavy atom. The predicted molar refractivity (Wildman–Crippen MR) is 67.4 cm³/mol. The molecule has 1 fully saturated rings. The number of hydrogen-bond acceptors (Lipinski definition) is 4. The van der Waals surface area contributed by atoms with Gasteiger partial charge >= 0.3 is 0 Å². The van der Waals surface area contributed by atoms with Gasteiger partial charge in [-0.1, -0.05) is 19.3 Å². The summed E-state index contributed by atoms with van der Waals surface area (Å²) < 4.78 is 0. The van der Waals surface area contributed by atoms with Crippen molar-refractivity contribution in [1.29, 1.82) is 0 Å². The third kappa shape index (κ3) is 3.12. The highest BCUT2D eigenvalue weighted by Gasteiger charge is 2.22. The number of pyridine rings is 1. The zero-order valence-corrected chi connectivity index (χ0v) is 10.1. The maximum atomic E-state index is 9.99. The van der Waals surface area contributed by atoms with Crippen LogP contribution in [0.2, 0.25) is 0 Å². The molecule has 0 bridgehead atoms. The molecule has 3 nitrogen and oxygen atoms in total. The maximum absolute atomic E-state index is 9.99. The van der Waals surface area contributed by atoms with Gasteiger partial charge < -0.3 is 10.8 Å². The van der Waals surface area contributed by atoms with Crippen LogP contribution in [0.15, 0.2) is 23.4 Å². The Morgan fingerprint density at radius 3 is 2.81 bits per heavy atom. The Kier molecular flexibility index (Phi) is 4.07. The molecule has 0 spiro atoms. The lowest BCUT2D eigenvalue weighted by Gasteiger charge is -2.18. The minimum absolute atomic E-state index is 0.188. The van der Waals surface area contributed by atoms with E-state index >= 15 is 0 Å². The zero-order valence-electron chi connectivity index (χ0n) is 9.30. The highest BCUT2D eigenvalue weighted by molar-refractivity contribution is 7.99. The van der Waals surface area contributed by atoms with Gasteiger partial charge in [-0.2, -0.15) is 0 Å². The van der Waals surface area contributed by atoms with Gasteiger partial charge in [0.05, 0.1) is 23.0 Å². The second-order valence-electron chi connectivity index (χ2n) is 4.29. The van der Waals surface area contributed by atoms with Crippen LogP contribution in [-0.2, 0) is 0 Å². The summed E-state index contributed by atoms with van der Waals surface area (Å²) in [5.41, 5.74) is 6.28. The molecule has 1 aromatic rings. The number of hydrogen-bond donors (Lipinski definition) is 2. The molecule has 2 unspecified atom stereocenters. The van der Waals surface area contributed by atoms with E-state index in [1.54, 1.807) is 18.0 Å². The lowest BCUT2D eigenvalue weighted by molar-refractivity contribution is 0.163. The van der Waals surface area contributed by atoms with Gasteiger partial charge in [0, 0.05) is 5.25 Å². The summed E-state index contributed by atoms with van der Waals surface area (Å²) in [6.07, 6.45) is 7.09. The summed E-state index contributed by atoms with van der Waals surface area (Å²) in [6.45, 7) is 0. The largest absolute Gasteiger partial charge is 0.397 e. The number of nitrogens with two attached hydrogens (primary N) is 1.